The molecule has 0 heterocycles. The summed E-state index contributed by atoms with van der Waals surface area (Å²) in [5.41, 5.74) is -3.20. The molecule has 0 N–H and O–H groups in total. The topological polar surface area (TPSA) is 174 Å². The number of rotatable bonds is 18. The summed E-state index contributed by atoms with van der Waals surface area (Å²) in [6.45, 7) is 23.1. The Labute approximate surface area is 272 Å². The standard InChI is InChI=1S/C30H52N8O4S2/c1-25(2,3)33-35-27(7,8)43-19-17-41-23(39)13-15-29(11,21-31)37-38-30(12,22-32)16-14-24(40)42-18-20-44-28(9,10)36-34-26(4,5)6/h13-20H2,1-12H3/b35-33+,36-34+,38-37+. The summed E-state index contributed by atoms with van der Waals surface area (Å²) in [6.07, 6.45) is 0.0556. The smallest absolute Gasteiger partial charge is 0.305 e. The Bertz CT molecular complexity index is 1030. The van der Waals surface area contributed by atoms with Crippen LogP contribution in [-0.2, 0) is 19.1 Å². The Morgan fingerprint density at radius 3 is 1.16 bits per heavy atom. The number of hydrogen-bond donors (Lipinski definition) is 0. The van der Waals surface area contributed by atoms with Crippen LogP contribution in [0.1, 0.15) is 109 Å². The van der Waals surface area contributed by atoms with Crippen molar-refractivity contribution in [3.8, 4) is 12.1 Å². The van der Waals surface area contributed by atoms with Gasteiger partial charge < -0.3 is 9.47 Å². The van der Waals surface area contributed by atoms with E-state index in [9.17, 15) is 20.1 Å². The largest absolute Gasteiger partial charge is 0.465 e. The average Bonchev–Trinajstić information content (AvgIpc) is 2.92. The van der Waals surface area contributed by atoms with Crippen molar-refractivity contribution in [3.63, 3.8) is 0 Å². The van der Waals surface area contributed by atoms with Crippen molar-refractivity contribution in [3.05, 3.63) is 0 Å². The van der Waals surface area contributed by atoms with Crippen LogP contribution < -0.4 is 0 Å². The van der Waals surface area contributed by atoms with Gasteiger partial charge in [0, 0.05) is 24.3 Å². The molecule has 0 fully saturated rings. The Balaban J connectivity index is 4.72. The molecule has 0 aliphatic heterocycles. The number of nitrogens with zero attached hydrogens (tertiary/aromatic N) is 8. The lowest BCUT2D eigenvalue weighted by atomic mass is 9.97. The van der Waals surface area contributed by atoms with E-state index in [4.69, 9.17) is 9.47 Å². The first kappa shape index (κ1) is 41.4. The lowest BCUT2D eigenvalue weighted by molar-refractivity contribution is -0.144. The highest BCUT2D eigenvalue weighted by atomic mass is 32.2. The molecule has 0 aromatic rings. The van der Waals surface area contributed by atoms with Gasteiger partial charge in [-0.15, -0.1) is 23.5 Å². The van der Waals surface area contributed by atoms with E-state index in [1.165, 1.54) is 37.4 Å². The molecule has 0 saturated heterocycles. The molecule has 14 heteroatoms. The summed E-state index contributed by atoms with van der Waals surface area (Å²) in [6, 6.07) is 4.12. The van der Waals surface area contributed by atoms with E-state index in [0.29, 0.717) is 11.5 Å². The van der Waals surface area contributed by atoms with E-state index in [0.717, 1.165) is 0 Å². The van der Waals surface area contributed by atoms with Crippen LogP contribution in [-0.4, -0.2) is 68.6 Å². The first-order valence-electron chi connectivity index (χ1n) is 14.7. The maximum absolute atomic E-state index is 12.3. The third kappa shape index (κ3) is 21.2. The van der Waals surface area contributed by atoms with Gasteiger partial charge in [0.15, 0.2) is 11.1 Å². The van der Waals surface area contributed by atoms with Gasteiger partial charge in [-0.2, -0.15) is 41.2 Å². The van der Waals surface area contributed by atoms with Crippen LogP contribution in [0.4, 0.5) is 0 Å². The van der Waals surface area contributed by atoms with Crippen molar-refractivity contribution in [1.29, 1.82) is 10.5 Å². The third-order valence-electron chi connectivity index (χ3n) is 5.39. The fourth-order valence-electron chi connectivity index (χ4n) is 2.80. The average molecular weight is 653 g/mol. The zero-order valence-corrected chi connectivity index (χ0v) is 30.3. The van der Waals surface area contributed by atoms with Crippen molar-refractivity contribution in [1.82, 2.24) is 0 Å². The molecule has 0 aromatic heterocycles. The number of azo groups is 3. The second kappa shape index (κ2) is 17.8. The van der Waals surface area contributed by atoms with Crippen LogP contribution in [0.5, 0.6) is 0 Å². The molecule has 0 radical (unpaired) electrons. The quantitative estimate of drug-likeness (QED) is 0.0810. The molecule has 0 aliphatic carbocycles. The molecule has 248 valence electrons. The third-order valence-corrected chi connectivity index (χ3v) is 7.71. The molecule has 0 bridgehead atoms. The summed E-state index contributed by atoms with van der Waals surface area (Å²) < 4.78 is 10.6. The summed E-state index contributed by atoms with van der Waals surface area (Å²) in [5.74, 6) is 0.169. The molecule has 0 saturated carbocycles. The highest BCUT2D eigenvalue weighted by Gasteiger charge is 2.30. The number of esters is 2. The minimum Gasteiger partial charge on any atom is -0.465 e. The summed E-state index contributed by atoms with van der Waals surface area (Å²) in [5, 5.41) is 44.9. The number of hydrogen-bond acceptors (Lipinski definition) is 14. The zero-order valence-electron chi connectivity index (χ0n) is 28.7. The second-order valence-corrected chi connectivity index (χ2v) is 17.1. The molecule has 2 unspecified atom stereocenters. The molecule has 0 spiro atoms. The number of nitriles is 2. The number of carbonyl (C=O) groups excluding carboxylic acids is 2. The van der Waals surface area contributed by atoms with Gasteiger partial charge in [-0.1, -0.05) is 0 Å². The normalized spacial score (nSPS) is 16.0. The monoisotopic (exact) mass is 652 g/mol. The van der Waals surface area contributed by atoms with Gasteiger partial charge >= 0.3 is 11.9 Å². The Morgan fingerprint density at radius 2 is 0.886 bits per heavy atom. The number of thioether (sulfide) groups is 2. The van der Waals surface area contributed by atoms with E-state index < -0.39 is 32.8 Å². The van der Waals surface area contributed by atoms with Crippen LogP contribution in [0.25, 0.3) is 0 Å². The molecular weight excluding hydrogens is 601 g/mol. The number of ether oxygens (including phenoxy) is 2. The van der Waals surface area contributed by atoms with E-state index >= 15 is 0 Å². The van der Waals surface area contributed by atoms with Crippen molar-refractivity contribution < 1.29 is 19.1 Å². The van der Waals surface area contributed by atoms with Crippen LogP contribution in [0, 0.1) is 22.7 Å². The van der Waals surface area contributed by atoms with Gasteiger partial charge in [0.2, 0.25) is 0 Å². The first-order chi connectivity index (χ1) is 19.9. The van der Waals surface area contributed by atoms with E-state index in [1.54, 1.807) is 0 Å². The zero-order chi connectivity index (χ0) is 34.3. The molecule has 0 aromatic carbocycles. The predicted octanol–water partition coefficient (Wildman–Crippen LogP) is 8.09. The molecule has 44 heavy (non-hydrogen) atoms. The Morgan fingerprint density at radius 1 is 0.568 bits per heavy atom. The van der Waals surface area contributed by atoms with Crippen LogP contribution >= 0.6 is 23.5 Å². The van der Waals surface area contributed by atoms with Gasteiger partial charge in [0.25, 0.3) is 0 Å². The minimum absolute atomic E-state index is 0.0388. The maximum atomic E-state index is 12.3. The molecule has 12 nitrogen and oxygen atoms in total. The minimum atomic E-state index is -1.34. The van der Waals surface area contributed by atoms with Crippen molar-refractivity contribution in [2.24, 2.45) is 30.7 Å². The van der Waals surface area contributed by atoms with Gasteiger partial charge in [-0.05, 0) is 95.9 Å². The predicted molar refractivity (Wildman–Crippen MR) is 176 cm³/mol. The Kier molecular flexibility index (Phi) is 16.7. The van der Waals surface area contributed by atoms with Gasteiger partial charge in [0.05, 0.1) is 23.2 Å². The maximum Gasteiger partial charge on any atom is 0.305 e. The summed E-state index contributed by atoms with van der Waals surface area (Å²) in [4.78, 5) is 23.7. The lowest BCUT2D eigenvalue weighted by Gasteiger charge is -2.21. The second-order valence-electron chi connectivity index (χ2n) is 13.7. The molecule has 0 rings (SSSR count). The molecule has 2 atom stereocenters. The van der Waals surface area contributed by atoms with Gasteiger partial charge in [0.1, 0.15) is 23.0 Å². The fraction of sp³-hybridized carbons (Fsp3) is 0.867. The summed E-state index contributed by atoms with van der Waals surface area (Å²) in [7, 11) is 0. The lowest BCUT2D eigenvalue weighted by Crippen LogP contribution is -2.26. The van der Waals surface area contributed by atoms with Crippen LogP contribution in [0.3, 0.4) is 0 Å². The van der Waals surface area contributed by atoms with Crippen LogP contribution in [0.2, 0.25) is 0 Å². The van der Waals surface area contributed by atoms with E-state index in [-0.39, 0.29) is 50.0 Å². The first-order valence-corrected chi connectivity index (χ1v) is 16.7. The van der Waals surface area contributed by atoms with E-state index in [1.807, 2.05) is 69.2 Å². The molecule has 0 amide bonds. The van der Waals surface area contributed by atoms with E-state index in [2.05, 4.69) is 42.8 Å². The van der Waals surface area contributed by atoms with Crippen molar-refractivity contribution in [2.75, 3.05) is 24.7 Å². The molecule has 0 aliphatic rings. The van der Waals surface area contributed by atoms with Crippen molar-refractivity contribution in [2.45, 2.75) is 141 Å². The fourth-order valence-corrected chi connectivity index (χ4v) is 4.33. The number of carbonyl (C=O) groups is 2. The highest BCUT2D eigenvalue weighted by molar-refractivity contribution is 8.00. The summed E-state index contributed by atoms with van der Waals surface area (Å²) >= 11 is 3.05. The van der Waals surface area contributed by atoms with Crippen LogP contribution in [0.15, 0.2) is 30.7 Å². The Hall–Kier alpha value is -2.58. The highest BCUT2D eigenvalue weighted by Crippen LogP contribution is 2.29. The van der Waals surface area contributed by atoms with Crippen molar-refractivity contribution >= 4 is 35.5 Å². The van der Waals surface area contributed by atoms with Gasteiger partial charge in [-0.3, -0.25) is 9.59 Å². The van der Waals surface area contributed by atoms with Gasteiger partial charge in [-0.25, -0.2) is 0 Å². The molecular formula is C30H52N8O4S2. The SMILES string of the molecule is CC(C)(C)/N=N/C(C)(C)SCCOC(=O)CCC(C)(C#N)/N=N/C(C)(C#N)CCC(=O)OCCSC(C)(C)/N=N/C(C)(C)C.